The van der Waals surface area contributed by atoms with Crippen LogP contribution in [-0.2, 0) is 32.0 Å². The maximum absolute atomic E-state index is 14.5. The second-order valence-corrected chi connectivity index (χ2v) is 11.9. The van der Waals surface area contributed by atoms with Crippen LogP contribution in [0.4, 0.5) is 14.5 Å². The number of carbonyl (C=O) groups excluding carboxylic acids is 4. The van der Waals surface area contributed by atoms with Crippen LogP contribution in [0.25, 0.3) is 10.8 Å². The first kappa shape index (κ1) is 35.3. The van der Waals surface area contributed by atoms with Crippen LogP contribution < -0.4 is 20.3 Å². The Bertz CT molecular complexity index is 2120. The fourth-order valence-corrected chi connectivity index (χ4v) is 6.07. The minimum absolute atomic E-state index is 0.00590. The van der Waals surface area contributed by atoms with E-state index in [0.717, 1.165) is 23.6 Å². The van der Waals surface area contributed by atoms with Gasteiger partial charge in [-0.2, -0.15) is 5.21 Å². The number of nitrogens with one attached hydrogen (secondary N) is 3. The number of aliphatic carboxylic acids is 1. The van der Waals surface area contributed by atoms with Crippen molar-refractivity contribution < 1.29 is 42.6 Å². The Morgan fingerprint density at radius 1 is 0.904 bits per heavy atom. The van der Waals surface area contributed by atoms with E-state index in [2.05, 4.69) is 31.3 Å². The number of ether oxygens (including phenoxy) is 1. The van der Waals surface area contributed by atoms with Gasteiger partial charge < -0.3 is 20.5 Å². The zero-order valence-corrected chi connectivity index (χ0v) is 27.3. The zero-order chi connectivity index (χ0) is 36.8. The number of para-hydroxylation sites is 2. The van der Waals surface area contributed by atoms with Crippen molar-refractivity contribution in [3.8, 4) is 5.75 Å². The summed E-state index contributed by atoms with van der Waals surface area (Å²) in [6, 6.07) is 17.9. The highest BCUT2D eigenvalue weighted by Gasteiger charge is 2.42. The monoisotopic (exact) mass is 711 g/mol. The van der Waals surface area contributed by atoms with Gasteiger partial charge in [0.15, 0.2) is 29.0 Å². The molecule has 1 aromatic heterocycles. The predicted octanol–water partition coefficient (Wildman–Crippen LogP) is 2.93. The van der Waals surface area contributed by atoms with Crippen LogP contribution in [0.2, 0.25) is 0 Å². The molecule has 266 valence electrons. The lowest BCUT2D eigenvalue weighted by molar-refractivity contribution is -0.140. The van der Waals surface area contributed by atoms with Crippen molar-refractivity contribution in [3.05, 3.63) is 114 Å². The van der Waals surface area contributed by atoms with Gasteiger partial charge in [0.05, 0.1) is 6.42 Å². The molecule has 0 bridgehead atoms. The molecule has 4 N–H and O–H groups in total. The number of amides is 3. The number of aromatic amines is 1. The van der Waals surface area contributed by atoms with Gasteiger partial charge >= 0.3 is 5.97 Å². The summed E-state index contributed by atoms with van der Waals surface area (Å²) in [6.45, 7) is -0.956. The van der Waals surface area contributed by atoms with Gasteiger partial charge in [-0.05, 0) is 47.0 Å². The molecule has 0 radical (unpaired) electrons. The summed E-state index contributed by atoms with van der Waals surface area (Å²) in [4.78, 5) is 68.3. The summed E-state index contributed by atoms with van der Waals surface area (Å²) in [5.41, 5.74) is 1.29. The fraction of sp³-hybridized carbons (Fsp3) is 0.222. The van der Waals surface area contributed by atoms with Gasteiger partial charge in [-0.1, -0.05) is 65.9 Å². The highest BCUT2D eigenvalue weighted by atomic mass is 19.1. The topological polar surface area (TPSA) is 197 Å². The summed E-state index contributed by atoms with van der Waals surface area (Å²) in [5, 5.41) is 30.0. The molecule has 2 heterocycles. The number of carbonyl (C=O) groups is 5. The van der Waals surface area contributed by atoms with Crippen LogP contribution >= 0.6 is 0 Å². The van der Waals surface area contributed by atoms with Crippen molar-refractivity contribution in [2.45, 2.75) is 43.8 Å². The minimum Gasteiger partial charge on any atom is -0.481 e. The lowest BCUT2D eigenvalue weighted by Gasteiger charge is -2.30. The molecular weight excluding hydrogens is 680 g/mol. The highest BCUT2D eigenvalue weighted by molar-refractivity contribution is 6.11. The number of carboxylic acids is 1. The smallest absolute Gasteiger partial charge is 0.305 e. The second kappa shape index (κ2) is 15.5. The van der Waals surface area contributed by atoms with Crippen molar-refractivity contribution in [1.82, 2.24) is 31.3 Å². The maximum Gasteiger partial charge on any atom is 0.305 e. The first-order valence-corrected chi connectivity index (χ1v) is 16.1. The van der Waals surface area contributed by atoms with Crippen LogP contribution in [0.1, 0.15) is 34.6 Å². The Labute approximate surface area is 294 Å². The van der Waals surface area contributed by atoms with E-state index in [9.17, 15) is 37.9 Å². The molecule has 16 heteroatoms. The molecule has 5 aromatic rings. The average Bonchev–Trinajstić information content (AvgIpc) is 3.80. The number of H-pyrrole nitrogens is 1. The van der Waals surface area contributed by atoms with Gasteiger partial charge in [-0.25, -0.2) is 8.78 Å². The molecule has 14 nitrogen and oxygen atoms in total. The van der Waals surface area contributed by atoms with Crippen molar-refractivity contribution in [3.63, 3.8) is 0 Å². The number of ketones is 1. The number of Topliss-reactive ketones (excluding diaryl/α,β-unsaturated/α-hetero) is 1. The Hall–Kier alpha value is -6.58. The first-order chi connectivity index (χ1) is 25.1. The number of aryl methyl sites for hydroxylation is 1. The van der Waals surface area contributed by atoms with Crippen LogP contribution in [0.5, 0.6) is 5.75 Å². The quantitative estimate of drug-likeness (QED) is 0.133. The fourth-order valence-electron chi connectivity index (χ4n) is 6.07. The third-order valence-electron chi connectivity index (χ3n) is 8.56. The van der Waals surface area contributed by atoms with Crippen LogP contribution in [0.3, 0.4) is 0 Å². The number of anilines is 1. The molecule has 0 fully saturated rings. The maximum atomic E-state index is 14.5. The Kier molecular flexibility index (Phi) is 10.5. The molecule has 0 saturated heterocycles. The summed E-state index contributed by atoms with van der Waals surface area (Å²) in [5.74, 6) is -7.23. The Balaban J connectivity index is 1.26. The van der Waals surface area contributed by atoms with E-state index in [1.54, 1.807) is 48.5 Å². The van der Waals surface area contributed by atoms with Crippen molar-refractivity contribution >= 4 is 45.9 Å². The van der Waals surface area contributed by atoms with Crippen LogP contribution in [-0.4, -0.2) is 79.9 Å². The van der Waals surface area contributed by atoms with E-state index in [1.165, 1.54) is 4.90 Å². The summed E-state index contributed by atoms with van der Waals surface area (Å²) >= 11 is 0. The standard InChI is InChI=1S/C36H31F2N7O7/c37-24-12-6-13-25(38)33(24)52-19-30(46)27(18-32(47)48)40-35(50)29-17-21-8-2-4-14-28(21)45(29)36(51)26(15-16-31-41-43-44-42-31)39-34(49)23-11-5-9-20-7-1-3-10-22(20)23/h1-14,26-27,29H,15-19H2,(H,39,49)(H,40,50)(H,47,48)(H,41,42,43,44)/t26-,27-,29-/m0/s1. The van der Waals surface area contributed by atoms with E-state index in [1.807, 2.05) is 18.2 Å². The van der Waals surface area contributed by atoms with E-state index in [0.29, 0.717) is 22.2 Å². The third-order valence-corrected chi connectivity index (χ3v) is 8.56. The van der Waals surface area contributed by atoms with Gasteiger partial charge in [0, 0.05) is 24.1 Å². The van der Waals surface area contributed by atoms with Crippen LogP contribution in [0.15, 0.2) is 84.9 Å². The van der Waals surface area contributed by atoms with Gasteiger partial charge in [0.1, 0.15) is 24.7 Å². The summed E-state index contributed by atoms with van der Waals surface area (Å²) in [6.07, 6.45) is -0.762. The lowest BCUT2D eigenvalue weighted by atomic mass is 10.0. The molecule has 0 saturated carbocycles. The van der Waals surface area contributed by atoms with E-state index < -0.39 is 78.0 Å². The number of fused-ring (bicyclic) bond motifs is 2. The molecule has 0 spiro atoms. The van der Waals surface area contributed by atoms with Gasteiger partial charge in [0.2, 0.25) is 11.8 Å². The highest BCUT2D eigenvalue weighted by Crippen LogP contribution is 2.33. The first-order valence-electron chi connectivity index (χ1n) is 16.1. The Morgan fingerprint density at radius 2 is 1.62 bits per heavy atom. The number of tetrazole rings is 1. The SMILES string of the molecule is O=C(O)C[C@H](NC(=O)[C@@H]1Cc2ccccc2N1C(=O)[C@H](CCc1nn[nH]n1)NC(=O)c1cccc2ccccc12)C(=O)COc1c(F)cccc1F. The van der Waals surface area contributed by atoms with Crippen molar-refractivity contribution in [2.24, 2.45) is 0 Å². The predicted molar refractivity (Wildman–Crippen MR) is 180 cm³/mol. The zero-order valence-electron chi connectivity index (χ0n) is 27.3. The normalized spacial score (nSPS) is 14.7. The number of hydrogen-bond donors (Lipinski definition) is 4. The number of rotatable bonds is 14. The van der Waals surface area contributed by atoms with E-state index >= 15 is 0 Å². The molecule has 1 aliphatic rings. The number of halogens is 2. The Morgan fingerprint density at radius 3 is 2.37 bits per heavy atom. The average molecular weight is 712 g/mol. The third kappa shape index (κ3) is 7.75. The molecule has 3 atom stereocenters. The minimum atomic E-state index is -1.68. The molecule has 6 rings (SSSR count). The van der Waals surface area contributed by atoms with Gasteiger partial charge in [-0.3, -0.25) is 28.9 Å². The molecular formula is C36H31F2N7O7. The number of benzene rings is 4. The molecule has 52 heavy (non-hydrogen) atoms. The summed E-state index contributed by atoms with van der Waals surface area (Å²) < 4.78 is 33.2. The van der Waals surface area contributed by atoms with Crippen molar-refractivity contribution in [1.29, 1.82) is 0 Å². The lowest BCUT2D eigenvalue weighted by Crippen LogP contribution is -2.57. The number of aromatic nitrogens is 4. The van der Waals surface area contributed by atoms with Gasteiger partial charge in [-0.15, -0.1) is 10.2 Å². The molecule has 1 aliphatic heterocycles. The number of carboxylic acid groups (broad SMARTS) is 1. The van der Waals surface area contributed by atoms with Gasteiger partial charge in [0.25, 0.3) is 5.91 Å². The van der Waals surface area contributed by atoms with E-state index in [-0.39, 0.29) is 25.1 Å². The molecule has 3 amide bonds. The van der Waals surface area contributed by atoms with Crippen molar-refractivity contribution in [2.75, 3.05) is 11.5 Å². The number of nitrogens with zero attached hydrogens (tertiary/aromatic N) is 4. The summed E-state index contributed by atoms with van der Waals surface area (Å²) in [7, 11) is 0. The molecule has 0 unspecified atom stereocenters. The largest absolute Gasteiger partial charge is 0.481 e. The molecule has 0 aliphatic carbocycles. The second-order valence-electron chi connectivity index (χ2n) is 11.9. The number of hydrogen-bond acceptors (Lipinski definition) is 9. The van der Waals surface area contributed by atoms with Crippen LogP contribution in [0, 0.1) is 11.6 Å². The van der Waals surface area contributed by atoms with E-state index in [4.69, 9.17) is 4.74 Å². The molecule has 4 aromatic carbocycles.